The number of amides is 2. The Morgan fingerprint density at radius 1 is 1.36 bits per heavy atom. The number of likely N-dealkylation sites (tertiary alicyclic amines) is 1. The Kier molecular flexibility index (Phi) is 5.26. The molecule has 2 atom stereocenters. The van der Waals surface area contributed by atoms with Crippen molar-refractivity contribution in [3.63, 3.8) is 0 Å². The Morgan fingerprint density at radius 3 is 2.59 bits per heavy atom. The van der Waals surface area contributed by atoms with Crippen molar-refractivity contribution in [3.8, 4) is 0 Å². The molecule has 7 heteroatoms. The van der Waals surface area contributed by atoms with Crippen molar-refractivity contribution in [1.29, 1.82) is 0 Å². The van der Waals surface area contributed by atoms with Gasteiger partial charge in [0, 0.05) is 25.7 Å². The average molecular weight is 327 g/mol. The molecule has 0 aromatic heterocycles. The lowest BCUT2D eigenvalue weighted by molar-refractivity contribution is -0.135. The summed E-state index contributed by atoms with van der Waals surface area (Å²) in [6.07, 6.45) is -1.11. The third kappa shape index (κ3) is 3.69. The van der Waals surface area contributed by atoms with E-state index in [-0.39, 0.29) is 12.5 Å². The van der Waals surface area contributed by atoms with Gasteiger partial charge in [-0.25, -0.2) is 4.79 Å². The van der Waals surface area contributed by atoms with Crippen LogP contribution in [0.25, 0.3) is 0 Å². The molecule has 1 aromatic carbocycles. The molecule has 1 saturated heterocycles. The van der Waals surface area contributed by atoms with Crippen molar-refractivity contribution >= 4 is 23.6 Å². The molecule has 2 rings (SSSR count). The van der Waals surface area contributed by atoms with E-state index in [1.807, 2.05) is 0 Å². The van der Waals surface area contributed by atoms with Gasteiger partial charge in [-0.2, -0.15) is 0 Å². The second-order valence-electron chi connectivity index (χ2n) is 5.41. The molecule has 1 N–H and O–H groups in total. The fourth-order valence-electron chi connectivity index (χ4n) is 2.35. The van der Waals surface area contributed by atoms with Gasteiger partial charge in [-0.15, -0.1) is 0 Å². The zero-order chi connectivity index (χ0) is 16.3. The topological polar surface area (TPSA) is 70.1 Å². The minimum absolute atomic E-state index is 0.0888. The van der Waals surface area contributed by atoms with Gasteiger partial charge in [0.15, 0.2) is 0 Å². The van der Waals surface area contributed by atoms with E-state index in [4.69, 9.17) is 16.3 Å². The molecule has 0 saturated carbocycles. The number of carbonyl (C=O) groups is 2. The van der Waals surface area contributed by atoms with Crippen molar-refractivity contribution < 1.29 is 19.4 Å². The van der Waals surface area contributed by atoms with E-state index in [1.54, 1.807) is 38.4 Å². The van der Waals surface area contributed by atoms with Crippen LogP contribution in [-0.4, -0.2) is 59.7 Å². The van der Waals surface area contributed by atoms with Crippen LogP contribution in [0, 0.1) is 0 Å². The lowest BCUT2D eigenvalue weighted by atomic mass is 10.1. The number of ether oxygens (including phenoxy) is 1. The van der Waals surface area contributed by atoms with Crippen LogP contribution in [0.5, 0.6) is 0 Å². The molecule has 1 aliphatic heterocycles. The van der Waals surface area contributed by atoms with Gasteiger partial charge in [0.2, 0.25) is 5.91 Å². The number of rotatable bonds is 3. The van der Waals surface area contributed by atoms with Gasteiger partial charge in [-0.1, -0.05) is 23.7 Å². The molecule has 0 aliphatic carbocycles. The minimum atomic E-state index is -0.882. The molecule has 0 spiro atoms. The zero-order valence-corrected chi connectivity index (χ0v) is 13.3. The maximum Gasteiger partial charge on any atom is 0.410 e. The van der Waals surface area contributed by atoms with Crippen LogP contribution < -0.4 is 0 Å². The van der Waals surface area contributed by atoms with Gasteiger partial charge in [0.1, 0.15) is 12.6 Å². The Balaban J connectivity index is 1.98. The van der Waals surface area contributed by atoms with Crippen LogP contribution in [0.2, 0.25) is 5.02 Å². The molecule has 1 unspecified atom stereocenters. The van der Waals surface area contributed by atoms with Crippen LogP contribution in [0.15, 0.2) is 24.3 Å². The predicted octanol–water partition coefficient (Wildman–Crippen LogP) is 1.50. The summed E-state index contributed by atoms with van der Waals surface area (Å²) in [4.78, 5) is 26.9. The van der Waals surface area contributed by atoms with Gasteiger partial charge in [-0.3, -0.25) is 9.69 Å². The Bertz CT molecular complexity index is 547. The van der Waals surface area contributed by atoms with Crippen LogP contribution in [0.4, 0.5) is 4.79 Å². The zero-order valence-electron chi connectivity index (χ0n) is 12.5. The monoisotopic (exact) mass is 326 g/mol. The van der Waals surface area contributed by atoms with Crippen LogP contribution >= 0.6 is 11.6 Å². The fraction of sp³-hybridized carbons (Fsp3) is 0.467. The largest absolute Gasteiger partial charge is 0.445 e. The van der Waals surface area contributed by atoms with E-state index >= 15 is 0 Å². The van der Waals surface area contributed by atoms with E-state index in [0.29, 0.717) is 18.0 Å². The highest BCUT2D eigenvalue weighted by Gasteiger charge is 2.42. The number of aliphatic hydroxyl groups excluding tert-OH is 1. The summed E-state index contributed by atoms with van der Waals surface area (Å²) < 4.78 is 5.22. The van der Waals surface area contributed by atoms with Crippen LogP contribution in [-0.2, 0) is 16.1 Å². The van der Waals surface area contributed by atoms with Crippen LogP contribution in [0.3, 0.4) is 0 Å². The first-order valence-electron chi connectivity index (χ1n) is 6.97. The molecule has 0 bridgehead atoms. The number of hydrogen-bond donors (Lipinski definition) is 1. The maximum absolute atomic E-state index is 12.2. The molecule has 120 valence electrons. The Morgan fingerprint density at radius 2 is 2.00 bits per heavy atom. The first-order valence-corrected chi connectivity index (χ1v) is 7.35. The number of nitrogens with zero attached hydrogens (tertiary/aromatic N) is 2. The van der Waals surface area contributed by atoms with Crippen LogP contribution in [0.1, 0.15) is 12.0 Å². The molecule has 1 heterocycles. The van der Waals surface area contributed by atoms with Crippen molar-refractivity contribution in [3.05, 3.63) is 34.9 Å². The second kappa shape index (κ2) is 6.98. The minimum Gasteiger partial charge on any atom is -0.445 e. The lowest BCUT2D eigenvalue weighted by Gasteiger charge is -2.27. The smallest absolute Gasteiger partial charge is 0.410 e. The summed E-state index contributed by atoms with van der Waals surface area (Å²) in [5, 5.41) is 10.5. The molecule has 1 fully saturated rings. The summed E-state index contributed by atoms with van der Waals surface area (Å²) in [6, 6.07) is 6.06. The SMILES string of the molecule is CN(C)C(=O)[C@@H]1C(O)CCN1C(=O)OCc1ccc(Cl)cc1. The first-order chi connectivity index (χ1) is 10.4. The van der Waals surface area contributed by atoms with E-state index in [0.717, 1.165) is 5.56 Å². The fourth-order valence-corrected chi connectivity index (χ4v) is 2.48. The van der Waals surface area contributed by atoms with Gasteiger partial charge in [-0.05, 0) is 24.1 Å². The van der Waals surface area contributed by atoms with Gasteiger partial charge >= 0.3 is 6.09 Å². The third-order valence-electron chi connectivity index (χ3n) is 3.57. The summed E-state index contributed by atoms with van der Waals surface area (Å²) in [5.74, 6) is -0.312. The number of halogens is 1. The number of benzene rings is 1. The molecule has 0 radical (unpaired) electrons. The highest BCUT2D eigenvalue weighted by atomic mass is 35.5. The lowest BCUT2D eigenvalue weighted by Crippen LogP contribution is -2.49. The van der Waals surface area contributed by atoms with E-state index in [9.17, 15) is 14.7 Å². The number of likely N-dealkylation sites (N-methyl/N-ethyl adjacent to an activating group) is 1. The highest BCUT2D eigenvalue weighted by molar-refractivity contribution is 6.30. The number of aliphatic hydroxyl groups is 1. The quantitative estimate of drug-likeness (QED) is 0.914. The number of hydrogen-bond acceptors (Lipinski definition) is 4. The molecule has 22 heavy (non-hydrogen) atoms. The van der Waals surface area contributed by atoms with E-state index in [2.05, 4.69) is 0 Å². The molecular weight excluding hydrogens is 308 g/mol. The summed E-state index contributed by atoms with van der Waals surface area (Å²) in [7, 11) is 3.18. The first kappa shape index (κ1) is 16.6. The van der Waals surface area contributed by atoms with Gasteiger partial charge in [0.05, 0.1) is 6.10 Å². The average Bonchev–Trinajstić information content (AvgIpc) is 2.87. The molecule has 1 aromatic rings. The van der Waals surface area contributed by atoms with Crippen molar-refractivity contribution in [2.45, 2.75) is 25.2 Å². The van der Waals surface area contributed by atoms with E-state index in [1.165, 1.54) is 9.80 Å². The molecular formula is C15H19ClN2O4. The molecule has 2 amide bonds. The third-order valence-corrected chi connectivity index (χ3v) is 3.82. The van der Waals surface area contributed by atoms with Crippen molar-refractivity contribution in [2.24, 2.45) is 0 Å². The maximum atomic E-state index is 12.2. The standard InChI is InChI=1S/C15H19ClN2O4/c1-17(2)14(20)13-12(19)7-8-18(13)15(21)22-9-10-3-5-11(16)6-4-10/h3-6,12-13,19H,7-9H2,1-2H3/t12?,13-/m0/s1. The summed E-state index contributed by atoms with van der Waals surface area (Å²) >= 11 is 5.79. The molecule has 6 nitrogen and oxygen atoms in total. The van der Waals surface area contributed by atoms with Crippen molar-refractivity contribution in [1.82, 2.24) is 9.80 Å². The number of carbonyl (C=O) groups excluding carboxylic acids is 2. The predicted molar refractivity (Wildman–Crippen MR) is 81.4 cm³/mol. The summed E-state index contributed by atoms with van der Waals surface area (Å²) in [5.41, 5.74) is 0.799. The Hall–Kier alpha value is -1.79. The second-order valence-corrected chi connectivity index (χ2v) is 5.84. The normalized spacial score (nSPS) is 20.8. The van der Waals surface area contributed by atoms with Crippen molar-refractivity contribution in [2.75, 3.05) is 20.6 Å². The van der Waals surface area contributed by atoms with Gasteiger partial charge < -0.3 is 14.7 Å². The highest BCUT2D eigenvalue weighted by Crippen LogP contribution is 2.21. The van der Waals surface area contributed by atoms with Gasteiger partial charge in [0.25, 0.3) is 0 Å². The Labute approximate surface area is 134 Å². The summed E-state index contributed by atoms with van der Waals surface area (Å²) in [6.45, 7) is 0.385. The van der Waals surface area contributed by atoms with E-state index < -0.39 is 18.2 Å². The molecule has 1 aliphatic rings.